The summed E-state index contributed by atoms with van der Waals surface area (Å²) in [6.07, 6.45) is -1.32. The first kappa shape index (κ1) is 22.2. The van der Waals surface area contributed by atoms with Gasteiger partial charge in [0.05, 0.1) is 34.7 Å². The van der Waals surface area contributed by atoms with Gasteiger partial charge in [0.1, 0.15) is 12.3 Å². The molecule has 0 radical (unpaired) electrons. The number of carbonyl (C=O) groups excluding carboxylic acids is 2. The van der Waals surface area contributed by atoms with Gasteiger partial charge in [0.2, 0.25) is 5.91 Å². The Morgan fingerprint density at radius 2 is 1.97 bits per heavy atom. The number of hydrogen-bond donors (Lipinski definition) is 1. The normalized spacial score (nSPS) is 13.8. The molecule has 1 N–H and O–H groups in total. The second-order valence-electron chi connectivity index (χ2n) is 7.51. The summed E-state index contributed by atoms with van der Waals surface area (Å²) in [6, 6.07) is 11.9. The van der Waals surface area contributed by atoms with E-state index in [1.165, 1.54) is 12.3 Å². The molecule has 2 amide bonds. The van der Waals surface area contributed by atoms with Crippen molar-refractivity contribution in [3.63, 3.8) is 0 Å². The number of carbonyl (C=O) groups is 2. The number of halogens is 3. The highest BCUT2D eigenvalue weighted by atomic mass is 32.2. The third-order valence-corrected chi connectivity index (χ3v) is 5.74. The predicted molar refractivity (Wildman–Crippen MR) is 113 cm³/mol. The summed E-state index contributed by atoms with van der Waals surface area (Å²) in [7, 11) is 0. The number of para-hydroxylation sites is 1. The SMILES string of the molecule is O=C(NC1CC1)c1cc(SCC(=O)N(Cc2ccco2)CC(F)(F)F)nc2ccccc12. The van der Waals surface area contributed by atoms with Crippen molar-refractivity contribution >= 4 is 34.5 Å². The molecule has 3 aromatic rings. The summed E-state index contributed by atoms with van der Waals surface area (Å²) in [4.78, 5) is 30.5. The lowest BCUT2D eigenvalue weighted by Gasteiger charge is -2.23. The number of fused-ring (bicyclic) bond motifs is 1. The lowest BCUT2D eigenvalue weighted by molar-refractivity contribution is -0.161. The van der Waals surface area contributed by atoms with E-state index in [9.17, 15) is 22.8 Å². The van der Waals surface area contributed by atoms with Gasteiger partial charge >= 0.3 is 6.18 Å². The van der Waals surface area contributed by atoms with Crippen LogP contribution in [-0.4, -0.2) is 46.2 Å². The molecular formula is C22H20F3N3O3S. The monoisotopic (exact) mass is 463 g/mol. The number of pyridine rings is 1. The van der Waals surface area contributed by atoms with Crippen LogP contribution in [0.5, 0.6) is 0 Å². The van der Waals surface area contributed by atoms with Crippen molar-refractivity contribution in [2.45, 2.75) is 36.6 Å². The Kier molecular flexibility index (Phi) is 6.40. The van der Waals surface area contributed by atoms with Crippen LogP contribution in [0.1, 0.15) is 29.0 Å². The molecule has 0 atom stereocenters. The number of thioether (sulfide) groups is 1. The molecule has 32 heavy (non-hydrogen) atoms. The maximum atomic E-state index is 13.0. The van der Waals surface area contributed by atoms with E-state index in [0.29, 0.717) is 26.4 Å². The number of aromatic nitrogens is 1. The van der Waals surface area contributed by atoms with Gasteiger partial charge in [0.15, 0.2) is 0 Å². The summed E-state index contributed by atoms with van der Waals surface area (Å²) in [6.45, 7) is -1.67. The summed E-state index contributed by atoms with van der Waals surface area (Å²) in [5.74, 6) is -0.930. The van der Waals surface area contributed by atoms with Crippen molar-refractivity contribution < 1.29 is 27.2 Å². The molecule has 0 bridgehead atoms. The minimum atomic E-state index is -4.54. The van der Waals surface area contributed by atoms with Gasteiger partial charge < -0.3 is 14.6 Å². The van der Waals surface area contributed by atoms with Crippen LogP contribution in [0.2, 0.25) is 0 Å². The van der Waals surface area contributed by atoms with Crippen LogP contribution in [0.25, 0.3) is 10.9 Å². The lowest BCUT2D eigenvalue weighted by atomic mass is 10.1. The maximum Gasteiger partial charge on any atom is 0.406 e. The second-order valence-corrected chi connectivity index (χ2v) is 8.50. The Labute approximate surface area is 186 Å². The Morgan fingerprint density at radius 3 is 2.66 bits per heavy atom. The average molecular weight is 463 g/mol. The second kappa shape index (κ2) is 9.23. The number of furan rings is 1. The Hall–Kier alpha value is -3.01. The molecule has 0 aliphatic heterocycles. The van der Waals surface area contributed by atoms with E-state index in [-0.39, 0.29) is 30.0 Å². The fourth-order valence-corrected chi connectivity index (χ4v) is 3.99. The molecule has 1 saturated carbocycles. The number of nitrogens with one attached hydrogen (secondary N) is 1. The molecule has 10 heteroatoms. The maximum absolute atomic E-state index is 13.0. The Bertz CT molecular complexity index is 1110. The van der Waals surface area contributed by atoms with Crippen LogP contribution in [0.15, 0.2) is 58.2 Å². The molecule has 1 aliphatic carbocycles. The van der Waals surface area contributed by atoms with Crippen LogP contribution in [0.3, 0.4) is 0 Å². The summed E-state index contributed by atoms with van der Waals surface area (Å²) in [5.41, 5.74) is 1.01. The fraction of sp³-hybridized carbons (Fsp3) is 0.318. The van der Waals surface area contributed by atoms with Gasteiger partial charge in [-0.15, -0.1) is 0 Å². The van der Waals surface area contributed by atoms with Gasteiger partial charge in [-0.3, -0.25) is 9.59 Å². The van der Waals surface area contributed by atoms with Crippen molar-refractivity contribution in [2.75, 3.05) is 12.3 Å². The highest BCUT2D eigenvalue weighted by molar-refractivity contribution is 7.99. The number of benzene rings is 1. The molecule has 1 aromatic carbocycles. The summed E-state index contributed by atoms with van der Waals surface area (Å²) < 4.78 is 44.1. The molecule has 1 aliphatic rings. The van der Waals surface area contributed by atoms with Crippen LogP contribution in [0.4, 0.5) is 13.2 Å². The number of nitrogens with zero attached hydrogens (tertiary/aromatic N) is 2. The first-order valence-electron chi connectivity index (χ1n) is 9.99. The van der Waals surface area contributed by atoms with Gasteiger partial charge in [-0.05, 0) is 37.1 Å². The smallest absolute Gasteiger partial charge is 0.406 e. The third kappa shape index (κ3) is 5.82. The van der Waals surface area contributed by atoms with Crippen LogP contribution < -0.4 is 5.32 Å². The summed E-state index contributed by atoms with van der Waals surface area (Å²) >= 11 is 0.996. The molecule has 4 rings (SSSR count). The minimum Gasteiger partial charge on any atom is -0.467 e. The van der Waals surface area contributed by atoms with E-state index in [2.05, 4.69) is 10.3 Å². The lowest BCUT2D eigenvalue weighted by Crippen LogP contribution is -2.39. The van der Waals surface area contributed by atoms with Gasteiger partial charge in [-0.25, -0.2) is 4.98 Å². The first-order chi connectivity index (χ1) is 15.3. The van der Waals surface area contributed by atoms with Gasteiger partial charge in [0, 0.05) is 11.4 Å². The average Bonchev–Trinajstić information content (AvgIpc) is 3.41. The summed E-state index contributed by atoms with van der Waals surface area (Å²) in [5, 5.41) is 4.01. The zero-order valence-corrected chi connectivity index (χ0v) is 17.7. The van der Waals surface area contributed by atoms with Gasteiger partial charge in [-0.1, -0.05) is 30.0 Å². The van der Waals surface area contributed by atoms with Crippen molar-refractivity contribution in [1.29, 1.82) is 0 Å². The van der Waals surface area contributed by atoms with E-state index in [4.69, 9.17) is 4.42 Å². The van der Waals surface area contributed by atoms with Gasteiger partial charge in [-0.2, -0.15) is 13.2 Å². The number of alkyl halides is 3. The molecule has 2 heterocycles. The quantitative estimate of drug-likeness (QED) is 0.501. The van der Waals surface area contributed by atoms with E-state index in [0.717, 1.165) is 24.6 Å². The number of hydrogen-bond acceptors (Lipinski definition) is 5. The van der Waals surface area contributed by atoms with Crippen molar-refractivity contribution in [3.8, 4) is 0 Å². The minimum absolute atomic E-state index is 0.171. The molecule has 0 saturated heterocycles. The Balaban J connectivity index is 1.51. The zero-order valence-electron chi connectivity index (χ0n) is 16.9. The predicted octanol–water partition coefficient (Wildman–Crippen LogP) is 4.40. The van der Waals surface area contributed by atoms with Crippen LogP contribution in [0, 0.1) is 0 Å². The van der Waals surface area contributed by atoms with E-state index < -0.39 is 18.6 Å². The highest BCUT2D eigenvalue weighted by Crippen LogP contribution is 2.27. The van der Waals surface area contributed by atoms with Gasteiger partial charge in [0.25, 0.3) is 5.91 Å². The molecule has 2 aromatic heterocycles. The largest absolute Gasteiger partial charge is 0.467 e. The zero-order chi connectivity index (χ0) is 22.7. The topological polar surface area (TPSA) is 75.4 Å². The van der Waals surface area contributed by atoms with E-state index >= 15 is 0 Å². The number of rotatable bonds is 8. The van der Waals surface area contributed by atoms with Crippen molar-refractivity contribution in [3.05, 3.63) is 60.1 Å². The fourth-order valence-electron chi connectivity index (χ4n) is 3.17. The molecule has 168 valence electrons. The van der Waals surface area contributed by atoms with E-state index in [1.54, 1.807) is 36.4 Å². The molecular weight excluding hydrogens is 443 g/mol. The standard InChI is InChI=1S/C22H20F3N3O3S/c23-22(24,25)13-28(11-15-4-3-9-31-15)20(29)12-32-19-10-17(21(30)26-14-7-8-14)16-5-1-2-6-18(16)27-19/h1-6,9-10,14H,7-8,11-13H2,(H,26,30). The third-order valence-electron chi connectivity index (χ3n) is 4.84. The number of amides is 2. The molecule has 1 fully saturated rings. The highest BCUT2D eigenvalue weighted by Gasteiger charge is 2.33. The van der Waals surface area contributed by atoms with Crippen molar-refractivity contribution in [1.82, 2.24) is 15.2 Å². The molecule has 6 nitrogen and oxygen atoms in total. The van der Waals surface area contributed by atoms with Crippen LogP contribution >= 0.6 is 11.8 Å². The van der Waals surface area contributed by atoms with E-state index in [1.807, 2.05) is 0 Å². The molecule has 0 spiro atoms. The molecule has 0 unspecified atom stereocenters. The van der Waals surface area contributed by atoms with Crippen molar-refractivity contribution in [2.24, 2.45) is 0 Å². The first-order valence-corrected chi connectivity index (χ1v) is 11.0. The Morgan fingerprint density at radius 1 is 1.19 bits per heavy atom. The van der Waals surface area contributed by atoms with Crippen LogP contribution in [-0.2, 0) is 11.3 Å².